The minimum atomic E-state index is -0.482. The van der Waals surface area contributed by atoms with Gasteiger partial charge in [-0.05, 0) is 61.1 Å². The van der Waals surface area contributed by atoms with Crippen LogP contribution in [0, 0.1) is 5.92 Å². The summed E-state index contributed by atoms with van der Waals surface area (Å²) in [6.45, 7) is 11.8. The molecule has 0 aromatic rings. The Hall–Kier alpha value is -1.84. The maximum atomic E-state index is 12.2. The minimum absolute atomic E-state index is 0.0655. The topological polar surface area (TPSA) is 117 Å². The molecular weight excluding hydrogens is 400 g/mol. The fourth-order valence-electron chi connectivity index (χ4n) is 2.46. The molecule has 0 spiro atoms. The van der Waals surface area contributed by atoms with Crippen LogP contribution in [0.3, 0.4) is 0 Å². The predicted octanol–water partition coefficient (Wildman–Crippen LogP) is 1.81. The lowest BCUT2D eigenvalue weighted by molar-refractivity contribution is -0.141. The molecule has 0 radical (unpaired) electrons. The molecule has 3 amide bonds. The Labute approximate surface area is 188 Å². The first-order valence-corrected chi connectivity index (χ1v) is 10.9. The Bertz CT molecular complexity index is 536. The summed E-state index contributed by atoms with van der Waals surface area (Å²) in [6, 6.07) is 0. The van der Waals surface area contributed by atoms with Crippen molar-refractivity contribution in [2.24, 2.45) is 5.92 Å². The summed E-state index contributed by atoms with van der Waals surface area (Å²) in [5.41, 5.74) is 4.49. The van der Waals surface area contributed by atoms with Crippen LogP contribution in [0.2, 0.25) is 0 Å². The Balaban J connectivity index is 0. The highest BCUT2D eigenvalue weighted by Crippen LogP contribution is 2.18. The highest BCUT2D eigenvalue weighted by molar-refractivity contribution is 5.88. The number of amides is 3. The van der Waals surface area contributed by atoms with Crippen LogP contribution in [0.25, 0.3) is 0 Å². The summed E-state index contributed by atoms with van der Waals surface area (Å²) in [4.78, 5) is 46.9. The highest BCUT2D eigenvalue weighted by atomic mass is 16.5. The molecule has 1 unspecified atom stereocenters. The number of imide groups is 1. The lowest BCUT2D eigenvalue weighted by Crippen LogP contribution is -2.46. The largest absolute Gasteiger partial charge is 0.375 e. The Morgan fingerprint density at radius 1 is 1.06 bits per heavy atom. The first kappa shape index (κ1) is 31.3. The summed E-state index contributed by atoms with van der Waals surface area (Å²) in [6.07, 6.45) is 3.78. The lowest BCUT2D eigenvalue weighted by Gasteiger charge is -2.30. The third-order valence-electron chi connectivity index (χ3n) is 4.84. The number of hydrogen-bond donors (Lipinski definition) is 3. The number of carbonyl (C=O) groups is 4. The Kier molecular flexibility index (Phi) is 17.0. The van der Waals surface area contributed by atoms with E-state index >= 15 is 0 Å². The van der Waals surface area contributed by atoms with E-state index in [2.05, 4.69) is 16.2 Å². The Morgan fingerprint density at radius 2 is 1.65 bits per heavy atom. The minimum Gasteiger partial charge on any atom is -0.375 e. The zero-order valence-corrected chi connectivity index (χ0v) is 20.7. The number of aldehydes is 1. The quantitative estimate of drug-likeness (QED) is 0.260. The van der Waals surface area contributed by atoms with Crippen molar-refractivity contribution in [3.8, 4) is 0 Å². The van der Waals surface area contributed by atoms with Crippen LogP contribution in [0.15, 0.2) is 0 Å². The van der Waals surface area contributed by atoms with Gasteiger partial charge in [0.05, 0.1) is 5.60 Å². The number of hydrazine groups is 1. The second-order valence-electron chi connectivity index (χ2n) is 8.69. The van der Waals surface area contributed by atoms with Crippen molar-refractivity contribution in [2.75, 3.05) is 27.2 Å². The number of nitrogens with zero attached hydrogens (tertiary/aromatic N) is 1. The van der Waals surface area contributed by atoms with E-state index in [9.17, 15) is 19.2 Å². The SMILES string of the molecule is CCC(C)C(=O)N(C=O)CCC(=O)NC(C)(C)CCOC(C)(C)CCC=O.CNNC. The van der Waals surface area contributed by atoms with E-state index in [-0.39, 0.29) is 36.3 Å². The van der Waals surface area contributed by atoms with Crippen molar-refractivity contribution >= 4 is 24.5 Å². The number of rotatable bonds is 15. The van der Waals surface area contributed by atoms with E-state index in [1.54, 1.807) is 6.92 Å². The molecule has 0 aliphatic heterocycles. The van der Waals surface area contributed by atoms with Crippen molar-refractivity contribution < 1.29 is 23.9 Å². The van der Waals surface area contributed by atoms with E-state index in [0.717, 1.165) is 11.2 Å². The molecule has 0 rings (SSSR count). The molecule has 0 saturated carbocycles. The highest BCUT2D eigenvalue weighted by Gasteiger charge is 2.24. The van der Waals surface area contributed by atoms with Crippen LogP contribution >= 0.6 is 0 Å². The smallest absolute Gasteiger partial charge is 0.231 e. The molecule has 3 N–H and O–H groups in total. The van der Waals surface area contributed by atoms with Crippen molar-refractivity contribution in [3.05, 3.63) is 0 Å². The van der Waals surface area contributed by atoms with E-state index < -0.39 is 5.54 Å². The zero-order valence-electron chi connectivity index (χ0n) is 20.7. The predicted molar refractivity (Wildman–Crippen MR) is 122 cm³/mol. The van der Waals surface area contributed by atoms with E-state index in [4.69, 9.17) is 4.74 Å². The number of ether oxygens (including phenoxy) is 1. The molecule has 0 aromatic heterocycles. The van der Waals surface area contributed by atoms with Crippen LogP contribution in [-0.4, -0.2) is 67.8 Å². The molecule has 9 nitrogen and oxygen atoms in total. The molecule has 0 saturated heterocycles. The van der Waals surface area contributed by atoms with Gasteiger partial charge in [0, 0.05) is 37.5 Å². The van der Waals surface area contributed by atoms with Gasteiger partial charge < -0.3 is 14.8 Å². The second-order valence-corrected chi connectivity index (χ2v) is 8.69. The van der Waals surface area contributed by atoms with Crippen molar-refractivity contribution in [1.29, 1.82) is 0 Å². The van der Waals surface area contributed by atoms with E-state index in [0.29, 0.717) is 38.7 Å². The van der Waals surface area contributed by atoms with Gasteiger partial charge in [0.2, 0.25) is 18.2 Å². The van der Waals surface area contributed by atoms with Gasteiger partial charge in [0.25, 0.3) is 0 Å². The molecule has 182 valence electrons. The van der Waals surface area contributed by atoms with Gasteiger partial charge in [-0.3, -0.25) is 30.1 Å². The third kappa shape index (κ3) is 16.5. The summed E-state index contributed by atoms with van der Waals surface area (Å²) in [5, 5.41) is 2.92. The number of carbonyl (C=O) groups excluding carboxylic acids is 4. The summed E-state index contributed by atoms with van der Waals surface area (Å²) < 4.78 is 5.83. The van der Waals surface area contributed by atoms with Crippen LogP contribution in [0.1, 0.15) is 73.6 Å². The average molecular weight is 445 g/mol. The van der Waals surface area contributed by atoms with Crippen LogP contribution in [-0.2, 0) is 23.9 Å². The van der Waals surface area contributed by atoms with Gasteiger partial charge in [0.1, 0.15) is 6.29 Å². The maximum Gasteiger partial charge on any atom is 0.231 e. The van der Waals surface area contributed by atoms with Crippen molar-refractivity contribution in [3.63, 3.8) is 0 Å². The molecular formula is C22H44N4O5. The standard InChI is InChI=1S/C20H36N2O5.C2H8N2/c1-7-16(2)18(26)22(15-24)12-9-17(25)21-19(3,4)11-14-27-20(5,6)10-8-13-23;1-3-4-2/h13,15-16H,7-12,14H2,1-6H3,(H,21,25);3-4H,1-2H3. The molecule has 0 aliphatic rings. The van der Waals surface area contributed by atoms with Gasteiger partial charge in [-0.2, -0.15) is 0 Å². The van der Waals surface area contributed by atoms with Crippen LogP contribution < -0.4 is 16.2 Å². The molecule has 0 aromatic carbocycles. The van der Waals surface area contributed by atoms with Gasteiger partial charge >= 0.3 is 0 Å². The monoisotopic (exact) mass is 444 g/mol. The number of hydrogen-bond acceptors (Lipinski definition) is 7. The molecule has 1 atom stereocenters. The molecule has 0 fully saturated rings. The van der Waals surface area contributed by atoms with Gasteiger partial charge in [-0.15, -0.1) is 0 Å². The molecule has 0 bridgehead atoms. The van der Waals surface area contributed by atoms with Gasteiger partial charge in [0.15, 0.2) is 0 Å². The zero-order chi connectivity index (χ0) is 24.5. The van der Waals surface area contributed by atoms with Crippen molar-refractivity contribution in [2.45, 2.75) is 84.8 Å². The number of nitrogens with one attached hydrogen (secondary N) is 3. The van der Waals surface area contributed by atoms with Crippen molar-refractivity contribution in [1.82, 2.24) is 21.1 Å². The summed E-state index contributed by atoms with van der Waals surface area (Å²) in [7, 11) is 3.64. The lowest BCUT2D eigenvalue weighted by atomic mass is 9.99. The molecule has 0 heterocycles. The van der Waals surface area contributed by atoms with Gasteiger partial charge in [-0.25, -0.2) is 0 Å². The van der Waals surface area contributed by atoms with Crippen LogP contribution in [0.5, 0.6) is 0 Å². The van der Waals surface area contributed by atoms with Gasteiger partial charge in [-0.1, -0.05) is 13.8 Å². The average Bonchev–Trinajstić information content (AvgIpc) is 2.71. The summed E-state index contributed by atoms with van der Waals surface area (Å²) in [5.74, 6) is -0.719. The first-order chi connectivity index (χ1) is 14.4. The fraction of sp³-hybridized carbons (Fsp3) is 0.818. The Morgan fingerprint density at radius 3 is 2.10 bits per heavy atom. The maximum absolute atomic E-state index is 12.2. The normalized spacial score (nSPS) is 12.3. The first-order valence-electron chi connectivity index (χ1n) is 10.9. The second kappa shape index (κ2) is 16.8. The fourth-order valence-corrected chi connectivity index (χ4v) is 2.46. The van der Waals surface area contributed by atoms with Crippen LogP contribution in [0.4, 0.5) is 0 Å². The molecule has 31 heavy (non-hydrogen) atoms. The van der Waals surface area contributed by atoms with E-state index in [1.807, 2.05) is 48.7 Å². The van der Waals surface area contributed by atoms with E-state index in [1.165, 1.54) is 0 Å². The summed E-state index contributed by atoms with van der Waals surface area (Å²) >= 11 is 0. The molecule has 0 aliphatic carbocycles. The molecule has 9 heteroatoms. The third-order valence-corrected chi connectivity index (χ3v) is 4.84.